The average molecular weight is 227 g/mol. The smallest absolute Gasteiger partial charge is 0.165 e. The molecule has 0 spiro atoms. The van der Waals surface area contributed by atoms with Crippen molar-refractivity contribution in [1.29, 1.82) is 0 Å². The summed E-state index contributed by atoms with van der Waals surface area (Å²) in [4.78, 5) is 11.8. The van der Waals surface area contributed by atoms with Crippen molar-refractivity contribution in [3.8, 4) is 5.75 Å². The van der Waals surface area contributed by atoms with Crippen molar-refractivity contribution >= 4 is 17.4 Å². The Bertz CT molecular complexity index is 361. The molecule has 0 bridgehead atoms. The number of halogens is 1. The molecule has 0 aromatic heterocycles. The molecule has 0 N–H and O–H groups in total. The molecule has 0 radical (unpaired) electrons. The molecule has 3 heteroatoms. The summed E-state index contributed by atoms with van der Waals surface area (Å²) in [5.74, 6) is 0.758. The molecule has 0 amide bonds. The van der Waals surface area contributed by atoms with Crippen LogP contribution in [0.2, 0.25) is 5.02 Å². The number of rotatable bonds is 4. The number of Topliss-reactive ketones (excluding diaryl/α,β-unsaturated/α-hetero) is 1. The first-order valence-corrected chi connectivity index (χ1v) is 5.35. The van der Waals surface area contributed by atoms with Crippen LogP contribution in [0.5, 0.6) is 5.75 Å². The van der Waals surface area contributed by atoms with Gasteiger partial charge in [-0.1, -0.05) is 25.4 Å². The van der Waals surface area contributed by atoms with E-state index in [1.54, 1.807) is 25.3 Å². The molecule has 15 heavy (non-hydrogen) atoms. The predicted molar refractivity (Wildman–Crippen MR) is 61.8 cm³/mol. The van der Waals surface area contributed by atoms with Crippen LogP contribution in [0.4, 0.5) is 0 Å². The van der Waals surface area contributed by atoms with E-state index in [4.69, 9.17) is 16.3 Å². The Morgan fingerprint density at radius 3 is 2.67 bits per heavy atom. The highest BCUT2D eigenvalue weighted by Gasteiger charge is 2.14. The normalized spacial score (nSPS) is 12.3. The Kier molecular flexibility index (Phi) is 4.15. The van der Waals surface area contributed by atoms with E-state index in [1.165, 1.54) is 0 Å². The Morgan fingerprint density at radius 1 is 1.53 bits per heavy atom. The third-order valence-electron chi connectivity index (χ3n) is 2.50. The number of ketones is 1. The summed E-state index contributed by atoms with van der Waals surface area (Å²) in [7, 11) is 1.55. The monoisotopic (exact) mass is 226 g/mol. The fraction of sp³-hybridized carbons (Fsp3) is 0.417. The molecule has 0 saturated carbocycles. The van der Waals surface area contributed by atoms with Gasteiger partial charge in [0.1, 0.15) is 5.75 Å². The first kappa shape index (κ1) is 12.1. The second-order valence-electron chi connectivity index (χ2n) is 3.52. The lowest BCUT2D eigenvalue weighted by atomic mass is 9.97. The molecular formula is C12H15ClO2. The SMILES string of the molecule is CCC(C)C(=O)c1ccc(OC)c(Cl)c1. The molecule has 82 valence electrons. The Morgan fingerprint density at radius 2 is 2.20 bits per heavy atom. The fourth-order valence-electron chi connectivity index (χ4n) is 1.29. The van der Waals surface area contributed by atoms with Crippen molar-refractivity contribution in [2.75, 3.05) is 7.11 Å². The maximum Gasteiger partial charge on any atom is 0.165 e. The predicted octanol–water partition coefficient (Wildman–Crippen LogP) is 3.58. The van der Waals surface area contributed by atoms with E-state index >= 15 is 0 Å². The minimum Gasteiger partial charge on any atom is -0.495 e. The zero-order chi connectivity index (χ0) is 11.4. The van der Waals surface area contributed by atoms with Gasteiger partial charge in [-0.05, 0) is 24.6 Å². The van der Waals surface area contributed by atoms with Crippen LogP contribution in [0.25, 0.3) is 0 Å². The van der Waals surface area contributed by atoms with Crippen molar-refractivity contribution < 1.29 is 9.53 Å². The molecular weight excluding hydrogens is 212 g/mol. The Hall–Kier alpha value is -1.02. The van der Waals surface area contributed by atoms with Gasteiger partial charge >= 0.3 is 0 Å². The van der Waals surface area contributed by atoms with Crippen LogP contribution >= 0.6 is 11.6 Å². The fourth-order valence-corrected chi connectivity index (χ4v) is 1.55. The number of carbonyl (C=O) groups is 1. The van der Waals surface area contributed by atoms with E-state index in [1.807, 2.05) is 13.8 Å². The zero-order valence-electron chi connectivity index (χ0n) is 9.21. The number of benzene rings is 1. The number of hydrogen-bond acceptors (Lipinski definition) is 2. The van der Waals surface area contributed by atoms with Crippen LogP contribution in [0.1, 0.15) is 30.6 Å². The van der Waals surface area contributed by atoms with E-state index in [0.717, 1.165) is 6.42 Å². The second kappa shape index (κ2) is 5.17. The minimum atomic E-state index is 0.0365. The number of ether oxygens (including phenoxy) is 1. The molecule has 0 heterocycles. The highest BCUT2D eigenvalue weighted by Crippen LogP contribution is 2.26. The number of hydrogen-bond donors (Lipinski definition) is 0. The summed E-state index contributed by atoms with van der Waals surface area (Å²) in [6, 6.07) is 5.13. The molecule has 1 aromatic rings. The highest BCUT2D eigenvalue weighted by molar-refractivity contribution is 6.32. The largest absolute Gasteiger partial charge is 0.495 e. The van der Waals surface area contributed by atoms with E-state index < -0.39 is 0 Å². The van der Waals surface area contributed by atoms with Gasteiger partial charge in [0.25, 0.3) is 0 Å². The standard InChI is InChI=1S/C12H15ClO2/c1-4-8(2)12(14)9-5-6-11(15-3)10(13)7-9/h5-8H,4H2,1-3H3. The van der Waals surface area contributed by atoms with E-state index in [0.29, 0.717) is 16.3 Å². The zero-order valence-corrected chi connectivity index (χ0v) is 9.97. The average Bonchev–Trinajstić information content (AvgIpc) is 2.26. The van der Waals surface area contributed by atoms with Crippen LogP contribution < -0.4 is 4.74 Å². The summed E-state index contributed by atoms with van der Waals surface area (Å²) in [5, 5.41) is 0.478. The number of methoxy groups -OCH3 is 1. The topological polar surface area (TPSA) is 26.3 Å². The van der Waals surface area contributed by atoms with E-state index in [2.05, 4.69) is 0 Å². The molecule has 1 atom stereocenters. The van der Waals surface area contributed by atoms with Gasteiger partial charge in [0.15, 0.2) is 5.78 Å². The number of carbonyl (C=O) groups excluding carboxylic acids is 1. The van der Waals surface area contributed by atoms with Gasteiger partial charge in [0.05, 0.1) is 12.1 Å². The minimum absolute atomic E-state index is 0.0365. The third-order valence-corrected chi connectivity index (χ3v) is 2.79. The molecule has 0 saturated heterocycles. The van der Waals surface area contributed by atoms with Gasteiger partial charge in [0, 0.05) is 11.5 Å². The Balaban J connectivity index is 2.97. The van der Waals surface area contributed by atoms with Crippen LogP contribution in [0.3, 0.4) is 0 Å². The van der Waals surface area contributed by atoms with Crippen LogP contribution in [0, 0.1) is 5.92 Å². The van der Waals surface area contributed by atoms with Crippen LogP contribution in [0.15, 0.2) is 18.2 Å². The van der Waals surface area contributed by atoms with Gasteiger partial charge in [-0.2, -0.15) is 0 Å². The van der Waals surface area contributed by atoms with Gasteiger partial charge in [-0.15, -0.1) is 0 Å². The van der Waals surface area contributed by atoms with Gasteiger partial charge < -0.3 is 4.74 Å². The first-order chi connectivity index (χ1) is 7.10. The molecule has 0 fully saturated rings. The Labute approximate surface area is 95.2 Å². The lowest BCUT2D eigenvalue weighted by Gasteiger charge is -2.09. The maximum absolute atomic E-state index is 11.8. The van der Waals surface area contributed by atoms with Gasteiger partial charge in [0.2, 0.25) is 0 Å². The second-order valence-corrected chi connectivity index (χ2v) is 3.93. The quantitative estimate of drug-likeness (QED) is 0.734. The summed E-state index contributed by atoms with van der Waals surface area (Å²) in [6.07, 6.45) is 0.836. The first-order valence-electron chi connectivity index (χ1n) is 4.97. The van der Waals surface area contributed by atoms with Crippen LogP contribution in [-0.2, 0) is 0 Å². The molecule has 1 unspecified atom stereocenters. The van der Waals surface area contributed by atoms with Crippen LogP contribution in [-0.4, -0.2) is 12.9 Å². The van der Waals surface area contributed by atoms with E-state index in [-0.39, 0.29) is 11.7 Å². The molecule has 0 aliphatic heterocycles. The molecule has 1 aromatic carbocycles. The highest BCUT2D eigenvalue weighted by atomic mass is 35.5. The maximum atomic E-state index is 11.8. The van der Waals surface area contributed by atoms with Gasteiger partial charge in [-0.25, -0.2) is 0 Å². The summed E-state index contributed by atoms with van der Waals surface area (Å²) in [6.45, 7) is 3.91. The summed E-state index contributed by atoms with van der Waals surface area (Å²) >= 11 is 5.94. The molecule has 2 nitrogen and oxygen atoms in total. The third kappa shape index (κ3) is 2.72. The lowest BCUT2D eigenvalue weighted by Crippen LogP contribution is -2.10. The van der Waals surface area contributed by atoms with Crippen molar-refractivity contribution in [3.63, 3.8) is 0 Å². The lowest BCUT2D eigenvalue weighted by molar-refractivity contribution is 0.0927. The van der Waals surface area contributed by atoms with E-state index in [9.17, 15) is 4.79 Å². The summed E-state index contributed by atoms with van der Waals surface area (Å²) < 4.78 is 5.02. The van der Waals surface area contributed by atoms with Crippen molar-refractivity contribution in [3.05, 3.63) is 28.8 Å². The van der Waals surface area contributed by atoms with Crippen molar-refractivity contribution in [2.45, 2.75) is 20.3 Å². The van der Waals surface area contributed by atoms with Crippen molar-refractivity contribution in [1.82, 2.24) is 0 Å². The van der Waals surface area contributed by atoms with Gasteiger partial charge in [-0.3, -0.25) is 4.79 Å². The molecule has 0 aliphatic rings. The molecule has 1 rings (SSSR count). The molecule has 0 aliphatic carbocycles. The van der Waals surface area contributed by atoms with Crippen molar-refractivity contribution in [2.24, 2.45) is 5.92 Å². The summed E-state index contributed by atoms with van der Waals surface area (Å²) in [5.41, 5.74) is 0.648.